The number of carbonyl (C=O) groups is 1. The summed E-state index contributed by atoms with van der Waals surface area (Å²) in [6, 6.07) is 5.26. The van der Waals surface area contributed by atoms with Gasteiger partial charge in [-0.15, -0.1) is 0 Å². The van der Waals surface area contributed by atoms with Gasteiger partial charge >= 0.3 is 0 Å². The molecular weight excluding hydrogens is 272 g/mol. The summed E-state index contributed by atoms with van der Waals surface area (Å²) in [5.41, 5.74) is 0.625. The summed E-state index contributed by atoms with van der Waals surface area (Å²) in [7, 11) is 3.13. The lowest BCUT2D eigenvalue weighted by molar-refractivity contribution is -0.117. The molecule has 0 bridgehead atoms. The van der Waals surface area contributed by atoms with E-state index >= 15 is 0 Å². The normalized spacial score (nSPS) is 16.5. The van der Waals surface area contributed by atoms with Gasteiger partial charge in [-0.25, -0.2) is 0 Å². The van der Waals surface area contributed by atoms with E-state index in [4.69, 9.17) is 9.47 Å². The third-order valence-electron chi connectivity index (χ3n) is 3.61. The molecule has 6 heteroatoms. The minimum absolute atomic E-state index is 0.0881. The standard InChI is InChI=1S/C15H22N2O4/c1-20-12-3-4-13(14(9-12)21-2)16-15(19)10-17-7-5-11(18)6-8-17/h3-4,9,11,18H,5-8,10H2,1-2H3,(H,16,19). The van der Waals surface area contributed by atoms with Gasteiger partial charge in [0, 0.05) is 19.2 Å². The van der Waals surface area contributed by atoms with Crippen molar-refractivity contribution in [3.63, 3.8) is 0 Å². The molecule has 1 aliphatic rings. The predicted molar refractivity (Wildman–Crippen MR) is 79.9 cm³/mol. The summed E-state index contributed by atoms with van der Waals surface area (Å²) in [6.45, 7) is 1.81. The maximum Gasteiger partial charge on any atom is 0.238 e. The van der Waals surface area contributed by atoms with Crippen molar-refractivity contribution in [2.75, 3.05) is 39.2 Å². The van der Waals surface area contributed by atoms with Crippen LogP contribution in [0.25, 0.3) is 0 Å². The van der Waals surface area contributed by atoms with Crippen LogP contribution in [0.2, 0.25) is 0 Å². The lowest BCUT2D eigenvalue weighted by Gasteiger charge is -2.28. The molecule has 21 heavy (non-hydrogen) atoms. The molecule has 0 saturated carbocycles. The molecule has 0 spiro atoms. The number of methoxy groups -OCH3 is 2. The van der Waals surface area contributed by atoms with Gasteiger partial charge in [-0.3, -0.25) is 9.69 Å². The molecule has 6 nitrogen and oxygen atoms in total. The summed E-state index contributed by atoms with van der Waals surface area (Å²) < 4.78 is 10.4. The Balaban J connectivity index is 1.93. The Morgan fingerprint density at radius 3 is 2.67 bits per heavy atom. The predicted octanol–water partition coefficient (Wildman–Crippen LogP) is 1.10. The maximum absolute atomic E-state index is 12.1. The first-order valence-electron chi connectivity index (χ1n) is 7.04. The number of anilines is 1. The number of amides is 1. The van der Waals surface area contributed by atoms with Crippen LogP contribution in [0.15, 0.2) is 18.2 Å². The van der Waals surface area contributed by atoms with Crippen LogP contribution in [-0.4, -0.2) is 55.9 Å². The van der Waals surface area contributed by atoms with Crippen LogP contribution in [-0.2, 0) is 4.79 Å². The van der Waals surface area contributed by atoms with Gasteiger partial charge in [-0.1, -0.05) is 0 Å². The number of carbonyl (C=O) groups excluding carboxylic acids is 1. The van der Waals surface area contributed by atoms with Gasteiger partial charge in [-0.05, 0) is 25.0 Å². The second-order valence-electron chi connectivity index (χ2n) is 5.12. The number of hydrogen-bond donors (Lipinski definition) is 2. The minimum atomic E-state index is -0.231. The van der Waals surface area contributed by atoms with Gasteiger partial charge in [-0.2, -0.15) is 0 Å². The van der Waals surface area contributed by atoms with E-state index in [2.05, 4.69) is 5.32 Å². The van der Waals surface area contributed by atoms with Crippen LogP contribution >= 0.6 is 0 Å². The first kappa shape index (κ1) is 15.6. The van der Waals surface area contributed by atoms with Crippen molar-refractivity contribution in [2.24, 2.45) is 0 Å². The molecule has 1 aliphatic heterocycles. The van der Waals surface area contributed by atoms with E-state index in [1.54, 1.807) is 32.4 Å². The Morgan fingerprint density at radius 2 is 2.05 bits per heavy atom. The third kappa shape index (κ3) is 4.34. The molecule has 1 amide bonds. The smallest absolute Gasteiger partial charge is 0.238 e. The van der Waals surface area contributed by atoms with Crippen molar-refractivity contribution >= 4 is 11.6 Å². The van der Waals surface area contributed by atoms with Crippen LogP contribution in [0.4, 0.5) is 5.69 Å². The van der Waals surface area contributed by atoms with Crippen LogP contribution in [0.1, 0.15) is 12.8 Å². The molecule has 0 radical (unpaired) electrons. The number of ether oxygens (including phenoxy) is 2. The largest absolute Gasteiger partial charge is 0.497 e. The highest BCUT2D eigenvalue weighted by Crippen LogP contribution is 2.28. The summed E-state index contributed by atoms with van der Waals surface area (Å²) in [4.78, 5) is 14.1. The molecule has 0 aliphatic carbocycles. The molecule has 2 rings (SSSR count). The van der Waals surface area contributed by atoms with E-state index in [0.717, 1.165) is 25.9 Å². The fourth-order valence-electron chi connectivity index (χ4n) is 2.37. The van der Waals surface area contributed by atoms with E-state index in [1.807, 2.05) is 4.90 Å². The lowest BCUT2D eigenvalue weighted by atomic mass is 10.1. The number of benzene rings is 1. The quantitative estimate of drug-likeness (QED) is 0.851. The zero-order valence-corrected chi connectivity index (χ0v) is 12.5. The van der Waals surface area contributed by atoms with Crippen LogP contribution in [0.3, 0.4) is 0 Å². The molecule has 1 aromatic rings. The van der Waals surface area contributed by atoms with E-state index in [9.17, 15) is 9.90 Å². The number of hydrogen-bond acceptors (Lipinski definition) is 5. The van der Waals surface area contributed by atoms with E-state index in [-0.39, 0.29) is 12.0 Å². The van der Waals surface area contributed by atoms with Gasteiger partial charge in [0.2, 0.25) is 5.91 Å². The second kappa shape index (κ2) is 7.28. The molecule has 0 atom stereocenters. The number of piperidine rings is 1. The van der Waals surface area contributed by atoms with Crippen molar-refractivity contribution in [3.05, 3.63) is 18.2 Å². The topological polar surface area (TPSA) is 71.0 Å². The fraction of sp³-hybridized carbons (Fsp3) is 0.533. The number of aliphatic hydroxyl groups is 1. The van der Waals surface area contributed by atoms with Crippen molar-refractivity contribution in [3.8, 4) is 11.5 Å². The zero-order valence-electron chi connectivity index (χ0n) is 12.5. The van der Waals surface area contributed by atoms with E-state index < -0.39 is 0 Å². The number of likely N-dealkylation sites (tertiary alicyclic amines) is 1. The molecule has 1 aromatic carbocycles. The highest BCUT2D eigenvalue weighted by atomic mass is 16.5. The Bertz CT molecular complexity index is 485. The van der Waals surface area contributed by atoms with Crippen molar-refractivity contribution in [1.29, 1.82) is 0 Å². The third-order valence-corrected chi connectivity index (χ3v) is 3.61. The first-order chi connectivity index (χ1) is 10.1. The second-order valence-corrected chi connectivity index (χ2v) is 5.12. The lowest BCUT2D eigenvalue weighted by Crippen LogP contribution is -2.40. The van der Waals surface area contributed by atoms with Crippen LogP contribution in [0.5, 0.6) is 11.5 Å². The molecule has 0 unspecified atom stereocenters. The molecule has 2 N–H and O–H groups in total. The Kier molecular flexibility index (Phi) is 5.41. The van der Waals surface area contributed by atoms with Crippen LogP contribution < -0.4 is 14.8 Å². The average Bonchev–Trinajstić information content (AvgIpc) is 2.50. The molecule has 116 valence electrons. The minimum Gasteiger partial charge on any atom is -0.497 e. The molecule has 1 fully saturated rings. The van der Waals surface area contributed by atoms with Gasteiger partial charge in [0.1, 0.15) is 11.5 Å². The van der Waals surface area contributed by atoms with Crippen molar-refractivity contribution in [1.82, 2.24) is 4.90 Å². The molecule has 1 heterocycles. The summed E-state index contributed by atoms with van der Waals surface area (Å²) in [5, 5.41) is 12.3. The van der Waals surface area contributed by atoms with Gasteiger partial charge < -0.3 is 19.9 Å². The summed E-state index contributed by atoms with van der Waals surface area (Å²) in [6.07, 6.45) is 1.21. The number of aliphatic hydroxyl groups excluding tert-OH is 1. The van der Waals surface area contributed by atoms with Gasteiger partial charge in [0.05, 0.1) is 32.6 Å². The van der Waals surface area contributed by atoms with E-state index in [1.165, 1.54) is 0 Å². The highest BCUT2D eigenvalue weighted by molar-refractivity contribution is 5.93. The average molecular weight is 294 g/mol. The molecule has 1 saturated heterocycles. The SMILES string of the molecule is COc1ccc(NC(=O)CN2CCC(O)CC2)c(OC)c1. The Hall–Kier alpha value is -1.79. The van der Waals surface area contributed by atoms with Crippen molar-refractivity contribution in [2.45, 2.75) is 18.9 Å². The summed E-state index contributed by atoms with van der Waals surface area (Å²) >= 11 is 0. The monoisotopic (exact) mass is 294 g/mol. The van der Waals surface area contributed by atoms with Gasteiger partial charge in [0.25, 0.3) is 0 Å². The van der Waals surface area contributed by atoms with Crippen molar-refractivity contribution < 1.29 is 19.4 Å². The zero-order chi connectivity index (χ0) is 15.2. The Labute approximate surface area is 124 Å². The maximum atomic E-state index is 12.1. The number of nitrogens with one attached hydrogen (secondary N) is 1. The van der Waals surface area contributed by atoms with Gasteiger partial charge in [0.15, 0.2) is 0 Å². The highest BCUT2D eigenvalue weighted by Gasteiger charge is 2.19. The van der Waals surface area contributed by atoms with Crippen LogP contribution in [0, 0.1) is 0 Å². The number of rotatable bonds is 5. The molecule has 0 aromatic heterocycles. The molecular formula is C15H22N2O4. The fourth-order valence-corrected chi connectivity index (χ4v) is 2.37. The first-order valence-corrected chi connectivity index (χ1v) is 7.04. The Morgan fingerprint density at radius 1 is 1.33 bits per heavy atom. The number of nitrogens with zero attached hydrogens (tertiary/aromatic N) is 1. The van der Waals surface area contributed by atoms with E-state index in [0.29, 0.717) is 23.7 Å². The summed E-state index contributed by atoms with van der Waals surface area (Å²) in [5.74, 6) is 1.15.